The number of nitrogens with one attached hydrogen (secondary N) is 1. The van der Waals surface area contributed by atoms with Gasteiger partial charge in [0.2, 0.25) is 5.91 Å². The molecule has 116 valence electrons. The van der Waals surface area contributed by atoms with E-state index in [2.05, 4.69) is 15.5 Å². The van der Waals surface area contributed by atoms with Crippen LogP contribution in [0, 0.1) is 10.1 Å². The Kier molecular flexibility index (Phi) is 4.20. The van der Waals surface area contributed by atoms with Gasteiger partial charge in [-0.25, -0.2) is 0 Å². The van der Waals surface area contributed by atoms with Crippen LogP contribution in [0.1, 0.15) is 0 Å². The van der Waals surface area contributed by atoms with Crippen LogP contribution in [0.5, 0.6) is 0 Å². The Morgan fingerprint density at radius 3 is 2.74 bits per heavy atom. The summed E-state index contributed by atoms with van der Waals surface area (Å²) in [6, 6.07) is 11.2. The number of aromatic nitrogens is 3. The Labute approximate surface area is 134 Å². The maximum Gasteiger partial charge on any atom is 0.269 e. The van der Waals surface area contributed by atoms with Gasteiger partial charge in [0.15, 0.2) is 10.8 Å². The molecule has 9 heteroatoms. The molecule has 2 aromatic heterocycles. The second-order valence-electron chi connectivity index (χ2n) is 4.55. The van der Waals surface area contributed by atoms with Crippen LogP contribution >= 0.6 is 11.8 Å². The number of fused-ring (bicyclic) bond motifs is 1. The van der Waals surface area contributed by atoms with Crippen LogP contribution in [-0.4, -0.2) is 31.2 Å². The molecule has 0 spiro atoms. The molecule has 0 aliphatic carbocycles. The minimum Gasteiger partial charge on any atom is -0.325 e. The molecule has 3 rings (SSSR count). The van der Waals surface area contributed by atoms with Gasteiger partial charge in [0.05, 0.1) is 10.7 Å². The second kappa shape index (κ2) is 6.44. The van der Waals surface area contributed by atoms with E-state index in [1.54, 1.807) is 4.40 Å². The molecule has 0 fully saturated rings. The van der Waals surface area contributed by atoms with Crippen molar-refractivity contribution in [3.63, 3.8) is 0 Å². The van der Waals surface area contributed by atoms with Gasteiger partial charge in [0.25, 0.3) is 5.69 Å². The molecule has 23 heavy (non-hydrogen) atoms. The van der Waals surface area contributed by atoms with Crippen molar-refractivity contribution in [3.05, 3.63) is 58.8 Å². The Hall–Kier alpha value is -2.94. The van der Waals surface area contributed by atoms with Gasteiger partial charge in [0.1, 0.15) is 0 Å². The van der Waals surface area contributed by atoms with Gasteiger partial charge in [-0.15, -0.1) is 10.2 Å². The van der Waals surface area contributed by atoms with E-state index in [1.165, 1.54) is 36.0 Å². The average molecular weight is 329 g/mol. The molecule has 0 saturated carbocycles. The van der Waals surface area contributed by atoms with Gasteiger partial charge in [-0.3, -0.25) is 19.3 Å². The number of nitrogens with zero attached hydrogens (tertiary/aromatic N) is 4. The number of rotatable bonds is 5. The Morgan fingerprint density at radius 2 is 2.00 bits per heavy atom. The number of nitro benzene ring substituents is 1. The lowest BCUT2D eigenvalue weighted by Crippen LogP contribution is -2.14. The van der Waals surface area contributed by atoms with E-state index in [4.69, 9.17) is 0 Å². The zero-order valence-corrected chi connectivity index (χ0v) is 12.6. The molecule has 0 radical (unpaired) electrons. The fourth-order valence-corrected chi connectivity index (χ4v) is 2.64. The van der Waals surface area contributed by atoms with Crippen LogP contribution in [0.4, 0.5) is 11.4 Å². The number of pyridine rings is 1. The van der Waals surface area contributed by atoms with Gasteiger partial charge in [-0.2, -0.15) is 0 Å². The number of non-ortho nitro benzene ring substituents is 1. The van der Waals surface area contributed by atoms with E-state index in [0.29, 0.717) is 16.5 Å². The lowest BCUT2D eigenvalue weighted by atomic mass is 10.3. The maximum absolute atomic E-state index is 11.9. The summed E-state index contributed by atoms with van der Waals surface area (Å²) in [5.41, 5.74) is 1.20. The Bertz CT molecular complexity index is 862. The summed E-state index contributed by atoms with van der Waals surface area (Å²) in [5.74, 6) is -0.0660. The summed E-state index contributed by atoms with van der Waals surface area (Å²) in [7, 11) is 0. The number of benzene rings is 1. The Morgan fingerprint density at radius 1 is 1.22 bits per heavy atom. The molecular formula is C14H11N5O3S. The van der Waals surface area contributed by atoms with Crippen molar-refractivity contribution in [2.45, 2.75) is 5.16 Å². The van der Waals surface area contributed by atoms with Gasteiger partial charge >= 0.3 is 0 Å². The summed E-state index contributed by atoms with van der Waals surface area (Å²) in [6.45, 7) is 0. The van der Waals surface area contributed by atoms with Crippen molar-refractivity contribution in [2.75, 3.05) is 11.1 Å². The van der Waals surface area contributed by atoms with E-state index in [9.17, 15) is 14.9 Å². The number of thioether (sulfide) groups is 1. The first-order valence-corrected chi connectivity index (χ1v) is 7.59. The van der Waals surface area contributed by atoms with E-state index < -0.39 is 4.92 Å². The van der Waals surface area contributed by atoms with Crippen LogP contribution in [0.25, 0.3) is 5.65 Å². The van der Waals surface area contributed by atoms with Crippen molar-refractivity contribution in [3.8, 4) is 0 Å². The summed E-state index contributed by atoms with van der Waals surface area (Å²) in [4.78, 5) is 22.0. The summed E-state index contributed by atoms with van der Waals surface area (Å²) < 4.78 is 1.80. The second-order valence-corrected chi connectivity index (χ2v) is 5.49. The summed E-state index contributed by atoms with van der Waals surface area (Å²) in [6.07, 6.45) is 1.83. The van der Waals surface area contributed by atoms with Crippen molar-refractivity contribution in [2.24, 2.45) is 0 Å². The predicted molar refractivity (Wildman–Crippen MR) is 85.4 cm³/mol. The molecule has 0 unspecified atom stereocenters. The lowest BCUT2D eigenvalue weighted by Gasteiger charge is -2.04. The highest BCUT2D eigenvalue weighted by molar-refractivity contribution is 7.99. The molecule has 3 aromatic rings. The molecule has 0 aliphatic heterocycles. The zero-order valence-electron chi connectivity index (χ0n) is 11.7. The number of hydrogen-bond donors (Lipinski definition) is 1. The molecule has 1 N–H and O–H groups in total. The monoisotopic (exact) mass is 329 g/mol. The van der Waals surface area contributed by atoms with Crippen LogP contribution < -0.4 is 5.32 Å². The van der Waals surface area contributed by atoms with Gasteiger partial charge < -0.3 is 5.32 Å². The maximum atomic E-state index is 11.9. The third-order valence-corrected chi connectivity index (χ3v) is 3.92. The van der Waals surface area contributed by atoms with Crippen molar-refractivity contribution in [1.29, 1.82) is 0 Å². The first kappa shape index (κ1) is 15.0. The average Bonchev–Trinajstić information content (AvgIpc) is 2.97. The number of amides is 1. The van der Waals surface area contributed by atoms with Gasteiger partial charge in [-0.05, 0) is 24.3 Å². The number of carbonyl (C=O) groups excluding carboxylic acids is 1. The zero-order chi connectivity index (χ0) is 16.2. The summed E-state index contributed by atoms with van der Waals surface area (Å²) in [5, 5.41) is 21.9. The van der Waals surface area contributed by atoms with Crippen molar-refractivity contribution < 1.29 is 9.72 Å². The lowest BCUT2D eigenvalue weighted by molar-refractivity contribution is -0.384. The Balaban J connectivity index is 1.60. The third-order valence-electron chi connectivity index (χ3n) is 2.98. The minimum atomic E-state index is -0.488. The van der Waals surface area contributed by atoms with E-state index in [0.717, 1.165) is 0 Å². The molecule has 0 saturated heterocycles. The SMILES string of the molecule is O=C(CSc1nnc2ccccn12)Nc1ccc([N+](=O)[O-])cc1. The molecular weight excluding hydrogens is 318 g/mol. The first-order chi connectivity index (χ1) is 11.1. The number of carbonyl (C=O) groups is 1. The van der Waals surface area contributed by atoms with E-state index in [-0.39, 0.29) is 17.3 Å². The van der Waals surface area contributed by atoms with Crippen molar-refractivity contribution >= 4 is 34.7 Å². The molecule has 0 atom stereocenters. The molecule has 2 heterocycles. The number of nitro groups is 1. The molecule has 0 bridgehead atoms. The van der Waals surface area contributed by atoms with Crippen LogP contribution in [-0.2, 0) is 4.79 Å². The van der Waals surface area contributed by atoms with E-state index in [1.807, 2.05) is 24.4 Å². The molecule has 1 amide bonds. The largest absolute Gasteiger partial charge is 0.325 e. The predicted octanol–water partition coefficient (Wildman–Crippen LogP) is 2.37. The number of anilines is 1. The van der Waals surface area contributed by atoms with Crippen LogP contribution in [0.2, 0.25) is 0 Å². The minimum absolute atomic E-state index is 0.0210. The highest BCUT2D eigenvalue weighted by Crippen LogP contribution is 2.18. The topological polar surface area (TPSA) is 102 Å². The quantitative estimate of drug-likeness (QED) is 0.438. The van der Waals surface area contributed by atoms with Gasteiger partial charge in [0, 0.05) is 24.0 Å². The fraction of sp³-hybridized carbons (Fsp3) is 0.0714. The van der Waals surface area contributed by atoms with Crippen LogP contribution in [0.3, 0.4) is 0 Å². The van der Waals surface area contributed by atoms with Crippen LogP contribution in [0.15, 0.2) is 53.8 Å². The highest BCUT2D eigenvalue weighted by atomic mass is 32.2. The summed E-state index contributed by atoms with van der Waals surface area (Å²) >= 11 is 1.26. The molecule has 0 aliphatic rings. The molecule has 8 nitrogen and oxygen atoms in total. The first-order valence-electron chi connectivity index (χ1n) is 6.60. The fourth-order valence-electron chi connectivity index (χ4n) is 1.91. The van der Waals surface area contributed by atoms with Crippen molar-refractivity contribution in [1.82, 2.24) is 14.6 Å². The highest BCUT2D eigenvalue weighted by Gasteiger charge is 2.10. The third kappa shape index (κ3) is 3.46. The normalized spacial score (nSPS) is 10.6. The van der Waals surface area contributed by atoms with E-state index >= 15 is 0 Å². The standard InChI is InChI=1S/C14H11N5O3S/c20-13(15-10-4-6-11(7-5-10)19(21)22)9-23-14-17-16-12-3-1-2-8-18(12)14/h1-8H,9H2,(H,15,20). The van der Waals surface area contributed by atoms with Gasteiger partial charge in [-0.1, -0.05) is 17.8 Å². The number of hydrogen-bond acceptors (Lipinski definition) is 6. The smallest absolute Gasteiger partial charge is 0.269 e. The molecule has 1 aromatic carbocycles.